The topological polar surface area (TPSA) is 72.1 Å². The van der Waals surface area contributed by atoms with E-state index in [1.165, 1.54) is 19.4 Å². The van der Waals surface area contributed by atoms with E-state index >= 15 is 0 Å². The van der Waals surface area contributed by atoms with Crippen LogP contribution in [0.25, 0.3) is 0 Å². The van der Waals surface area contributed by atoms with Gasteiger partial charge in [-0.3, -0.25) is 9.89 Å². The Kier molecular flexibility index (Phi) is 8.46. The van der Waals surface area contributed by atoms with Gasteiger partial charge < -0.3 is 20.5 Å². The Bertz CT molecular complexity index is 525. The molecule has 23 heavy (non-hydrogen) atoms. The Labute approximate surface area is 155 Å². The van der Waals surface area contributed by atoms with E-state index in [0.29, 0.717) is 23.5 Å². The second kappa shape index (κ2) is 9.82. The standard InChI is InChI=1S/C16H26N4O2.HI/c1-4-20-9-5-6-13(20)11-18-16(17)19-12-7-8-14(21-2)15(10-12)22-3;/h7-8,10,13H,4-6,9,11H2,1-3H3,(H3,17,18,19);1H. The molecule has 3 N–H and O–H groups in total. The summed E-state index contributed by atoms with van der Waals surface area (Å²) in [6, 6.07) is 6.08. The maximum absolute atomic E-state index is 5.98. The highest BCUT2D eigenvalue weighted by atomic mass is 127. The van der Waals surface area contributed by atoms with E-state index in [-0.39, 0.29) is 24.0 Å². The highest BCUT2D eigenvalue weighted by molar-refractivity contribution is 14.0. The van der Waals surface area contributed by atoms with Gasteiger partial charge in [0.2, 0.25) is 0 Å². The number of ether oxygens (including phenoxy) is 2. The number of rotatable bonds is 6. The number of nitrogens with zero attached hydrogens (tertiary/aromatic N) is 2. The van der Waals surface area contributed by atoms with Crippen LogP contribution in [0.15, 0.2) is 23.2 Å². The number of benzene rings is 1. The van der Waals surface area contributed by atoms with Gasteiger partial charge in [-0.05, 0) is 38.1 Å². The Morgan fingerprint density at radius 2 is 2.09 bits per heavy atom. The van der Waals surface area contributed by atoms with Crippen LogP contribution in [0, 0.1) is 0 Å². The molecule has 0 aromatic heterocycles. The fraction of sp³-hybridized carbons (Fsp3) is 0.562. The number of methoxy groups -OCH3 is 2. The van der Waals surface area contributed by atoms with Crippen molar-refractivity contribution >= 4 is 35.6 Å². The molecule has 0 bridgehead atoms. The molecule has 1 aromatic carbocycles. The molecular formula is C16H27IN4O2. The molecule has 1 saturated heterocycles. The number of likely N-dealkylation sites (tertiary alicyclic amines) is 1. The minimum absolute atomic E-state index is 0. The number of nitrogens with one attached hydrogen (secondary N) is 1. The van der Waals surface area contributed by atoms with Gasteiger partial charge in [-0.25, -0.2) is 0 Å². The van der Waals surface area contributed by atoms with Gasteiger partial charge in [0.05, 0.1) is 20.8 Å². The minimum Gasteiger partial charge on any atom is -0.493 e. The number of anilines is 1. The fourth-order valence-electron chi connectivity index (χ4n) is 2.82. The molecule has 1 heterocycles. The smallest absolute Gasteiger partial charge is 0.193 e. The molecule has 0 radical (unpaired) electrons. The van der Waals surface area contributed by atoms with Gasteiger partial charge in [0.15, 0.2) is 17.5 Å². The number of halogens is 1. The van der Waals surface area contributed by atoms with Crippen molar-refractivity contribution in [2.75, 3.05) is 39.2 Å². The predicted octanol–water partition coefficient (Wildman–Crippen LogP) is 2.53. The summed E-state index contributed by atoms with van der Waals surface area (Å²) in [6.07, 6.45) is 2.44. The van der Waals surface area contributed by atoms with E-state index in [1.54, 1.807) is 14.2 Å². The van der Waals surface area contributed by atoms with Crippen LogP contribution in [0.5, 0.6) is 11.5 Å². The van der Waals surface area contributed by atoms with Crippen LogP contribution < -0.4 is 20.5 Å². The maximum Gasteiger partial charge on any atom is 0.193 e. The highest BCUT2D eigenvalue weighted by Gasteiger charge is 2.22. The van der Waals surface area contributed by atoms with Crippen molar-refractivity contribution in [3.05, 3.63) is 18.2 Å². The van der Waals surface area contributed by atoms with Crippen molar-refractivity contribution in [2.45, 2.75) is 25.8 Å². The number of hydrogen-bond acceptors (Lipinski definition) is 4. The quantitative estimate of drug-likeness (QED) is 0.409. The summed E-state index contributed by atoms with van der Waals surface area (Å²) < 4.78 is 10.5. The Morgan fingerprint density at radius 1 is 1.35 bits per heavy atom. The molecule has 130 valence electrons. The second-order valence-electron chi connectivity index (χ2n) is 5.35. The average Bonchev–Trinajstić information content (AvgIpc) is 3.00. The molecule has 1 atom stereocenters. The molecule has 0 aliphatic carbocycles. The Hall–Kier alpha value is -1.22. The van der Waals surface area contributed by atoms with Crippen molar-refractivity contribution in [1.29, 1.82) is 0 Å². The molecule has 0 amide bonds. The van der Waals surface area contributed by atoms with Gasteiger partial charge >= 0.3 is 0 Å². The molecule has 1 aliphatic heterocycles. The van der Waals surface area contributed by atoms with E-state index in [2.05, 4.69) is 22.1 Å². The Balaban J connectivity index is 0.00000264. The summed E-state index contributed by atoms with van der Waals surface area (Å²) in [5.74, 6) is 1.77. The molecule has 7 heteroatoms. The maximum atomic E-state index is 5.98. The summed E-state index contributed by atoms with van der Waals surface area (Å²) >= 11 is 0. The predicted molar refractivity (Wildman–Crippen MR) is 105 cm³/mol. The molecule has 1 aromatic rings. The van der Waals surface area contributed by atoms with Crippen molar-refractivity contribution < 1.29 is 9.47 Å². The first-order chi connectivity index (χ1) is 10.7. The van der Waals surface area contributed by atoms with Crippen molar-refractivity contribution in [3.63, 3.8) is 0 Å². The van der Waals surface area contributed by atoms with Gasteiger partial charge in [-0.2, -0.15) is 0 Å². The average molecular weight is 434 g/mol. The zero-order valence-corrected chi connectivity index (χ0v) is 16.4. The second-order valence-corrected chi connectivity index (χ2v) is 5.35. The molecule has 0 spiro atoms. The first-order valence-corrected chi connectivity index (χ1v) is 7.71. The molecule has 6 nitrogen and oxygen atoms in total. The number of aliphatic imine (C=N–C) groups is 1. The summed E-state index contributed by atoms with van der Waals surface area (Å²) in [5, 5.41) is 3.10. The molecule has 1 fully saturated rings. The van der Waals surface area contributed by atoms with E-state index in [9.17, 15) is 0 Å². The lowest BCUT2D eigenvalue weighted by molar-refractivity contribution is 0.273. The van der Waals surface area contributed by atoms with E-state index in [1.807, 2.05) is 18.2 Å². The number of nitrogens with two attached hydrogens (primary N) is 1. The van der Waals surface area contributed by atoms with E-state index in [4.69, 9.17) is 15.2 Å². The zero-order chi connectivity index (χ0) is 15.9. The van der Waals surface area contributed by atoms with Crippen molar-refractivity contribution in [3.8, 4) is 11.5 Å². The lowest BCUT2D eigenvalue weighted by Gasteiger charge is -2.21. The van der Waals surface area contributed by atoms with E-state index < -0.39 is 0 Å². The van der Waals surface area contributed by atoms with Crippen LogP contribution in [0.2, 0.25) is 0 Å². The van der Waals surface area contributed by atoms with Crippen LogP contribution in [-0.4, -0.2) is 50.8 Å². The lowest BCUT2D eigenvalue weighted by Crippen LogP contribution is -2.33. The van der Waals surface area contributed by atoms with Gasteiger partial charge in [-0.1, -0.05) is 6.92 Å². The lowest BCUT2D eigenvalue weighted by atomic mass is 10.2. The van der Waals surface area contributed by atoms with Gasteiger partial charge in [-0.15, -0.1) is 24.0 Å². The Morgan fingerprint density at radius 3 is 2.74 bits per heavy atom. The summed E-state index contributed by atoms with van der Waals surface area (Å²) in [6.45, 7) is 5.16. The van der Waals surface area contributed by atoms with Gasteiger partial charge in [0.1, 0.15) is 0 Å². The number of guanidine groups is 1. The highest BCUT2D eigenvalue weighted by Crippen LogP contribution is 2.29. The third kappa shape index (κ3) is 5.42. The molecular weight excluding hydrogens is 407 g/mol. The molecule has 2 rings (SSSR count). The zero-order valence-electron chi connectivity index (χ0n) is 14.0. The summed E-state index contributed by atoms with van der Waals surface area (Å²) in [5.41, 5.74) is 6.81. The van der Waals surface area contributed by atoms with Crippen LogP contribution in [-0.2, 0) is 0 Å². The van der Waals surface area contributed by atoms with E-state index in [0.717, 1.165) is 18.8 Å². The van der Waals surface area contributed by atoms with Gasteiger partial charge in [0, 0.05) is 17.8 Å². The summed E-state index contributed by atoms with van der Waals surface area (Å²) in [7, 11) is 3.22. The van der Waals surface area contributed by atoms with Crippen LogP contribution in [0.1, 0.15) is 19.8 Å². The fourth-order valence-corrected chi connectivity index (χ4v) is 2.82. The first kappa shape index (κ1) is 19.8. The third-order valence-corrected chi connectivity index (χ3v) is 4.03. The van der Waals surface area contributed by atoms with Crippen LogP contribution in [0.4, 0.5) is 5.69 Å². The first-order valence-electron chi connectivity index (χ1n) is 7.71. The number of hydrogen-bond donors (Lipinski definition) is 2. The molecule has 0 saturated carbocycles. The van der Waals surface area contributed by atoms with Gasteiger partial charge in [0.25, 0.3) is 0 Å². The van der Waals surface area contributed by atoms with Crippen molar-refractivity contribution in [2.24, 2.45) is 10.7 Å². The summed E-state index contributed by atoms with van der Waals surface area (Å²) in [4.78, 5) is 6.92. The minimum atomic E-state index is 0. The van der Waals surface area contributed by atoms with Crippen LogP contribution >= 0.6 is 24.0 Å². The third-order valence-electron chi connectivity index (χ3n) is 4.03. The largest absolute Gasteiger partial charge is 0.493 e. The molecule has 1 aliphatic rings. The number of likely N-dealkylation sites (N-methyl/N-ethyl adjacent to an activating group) is 1. The SMILES string of the molecule is CCN1CCCC1CN=C(N)Nc1ccc(OC)c(OC)c1.I. The normalized spacial score (nSPS) is 18.4. The molecule has 1 unspecified atom stereocenters. The monoisotopic (exact) mass is 434 g/mol. The van der Waals surface area contributed by atoms with Crippen LogP contribution in [0.3, 0.4) is 0 Å². The van der Waals surface area contributed by atoms with Crippen molar-refractivity contribution in [1.82, 2.24) is 4.90 Å².